The molecule has 0 saturated carbocycles. The summed E-state index contributed by atoms with van der Waals surface area (Å²) in [6.45, 7) is 0.647. The summed E-state index contributed by atoms with van der Waals surface area (Å²) < 4.78 is 47.3. The Kier molecular flexibility index (Phi) is 6.72. The predicted octanol–water partition coefficient (Wildman–Crippen LogP) is 5.91. The molecule has 4 nitrogen and oxygen atoms in total. The molecule has 1 amide bonds. The normalized spacial score (nSPS) is 11.4. The van der Waals surface area contributed by atoms with Crippen LogP contribution in [-0.2, 0) is 11.2 Å². The van der Waals surface area contributed by atoms with Gasteiger partial charge in [-0.1, -0.05) is 35.9 Å². The third-order valence-electron chi connectivity index (χ3n) is 4.19. The van der Waals surface area contributed by atoms with Crippen LogP contribution in [0.15, 0.2) is 54.6 Å². The van der Waals surface area contributed by atoms with Crippen molar-refractivity contribution in [3.63, 3.8) is 0 Å². The van der Waals surface area contributed by atoms with Gasteiger partial charge in [0.05, 0.1) is 5.02 Å². The van der Waals surface area contributed by atoms with Gasteiger partial charge in [-0.15, -0.1) is 0 Å². The van der Waals surface area contributed by atoms with E-state index < -0.39 is 12.8 Å². The summed E-state index contributed by atoms with van der Waals surface area (Å²) in [6, 6.07) is 15.8. The second kappa shape index (κ2) is 9.26. The summed E-state index contributed by atoms with van der Waals surface area (Å²) in [5, 5.41) is 4.79. The quantitative estimate of drug-likeness (QED) is 0.500. The number of hydrogen-bond acceptors (Lipinski definition) is 3. The molecular formula is C22H19ClF3NO3. The molecule has 158 valence electrons. The number of alkyl halides is 3. The number of carbonyl (C=O) groups is 1. The van der Waals surface area contributed by atoms with Gasteiger partial charge < -0.3 is 14.8 Å². The Morgan fingerprint density at radius 3 is 2.37 bits per heavy atom. The van der Waals surface area contributed by atoms with Crippen molar-refractivity contribution >= 4 is 28.3 Å². The summed E-state index contributed by atoms with van der Waals surface area (Å²) in [5.41, 5.74) is 1.10. The molecule has 30 heavy (non-hydrogen) atoms. The summed E-state index contributed by atoms with van der Waals surface area (Å²) in [6.07, 6.45) is -3.71. The van der Waals surface area contributed by atoms with Gasteiger partial charge in [0.1, 0.15) is 17.2 Å². The van der Waals surface area contributed by atoms with E-state index in [1.807, 2.05) is 30.3 Å². The molecule has 8 heteroatoms. The van der Waals surface area contributed by atoms with E-state index in [2.05, 4.69) is 10.1 Å². The van der Waals surface area contributed by atoms with Crippen molar-refractivity contribution in [2.45, 2.75) is 19.5 Å². The number of halogens is 4. The number of hydrogen-bond donors (Lipinski definition) is 1. The van der Waals surface area contributed by atoms with Crippen molar-refractivity contribution in [3.8, 4) is 17.2 Å². The number of benzene rings is 3. The van der Waals surface area contributed by atoms with E-state index in [9.17, 15) is 18.0 Å². The lowest BCUT2D eigenvalue weighted by Gasteiger charge is -2.12. The Morgan fingerprint density at radius 2 is 1.67 bits per heavy atom. The molecule has 0 heterocycles. The molecule has 0 fully saturated rings. The molecule has 3 aromatic rings. The van der Waals surface area contributed by atoms with E-state index in [-0.39, 0.29) is 16.7 Å². The van der Waals surface area contributed by atoms with Gasteiger partial charge in [-0.3, -0.25) is 4.79 Å². The van der Waals surface area contributed by atoms with Crippen LogP contribution in [0.25, 0.3) is 10.8 Å². The molecule has 3 aromatic carbocycles. The average molecular weight is 438 g/mol. The molecule has 0 aromatic heterocycles. The zero-order valence-corrected chi connectivity index (χ0v) is 16.8. The van der Waals surface area contributed by atoms with Gasteiger partial charge in [0, 0.05) is 19.5 Å². The molecule has 0 unspecified atom stereocenters. The molecule has 3 rings (SSSR count). The molecule has 0 spiro atoms. The fraction of sp³-hybridized carbons (Fsp3) is 0.227. The molecule has 0 radical (unpaired) electrons. The van der Waals surface area contributed by atoms with Crippen LogP contribution < -0.4 is 14.8 Å². The number of rotatable bonds is 7. The Balaban J connectivity index is 1.68. The summed E-state index contributed by atoms with van der Waals surface area (Å²) in [7, 11) is 0. The smallest absolute Gasteiger partial charge is 0.422 e. The number of amides is 1. The topological polar surface area (TPSA) is 47.6 Å². The van der Waals surface area contributed by atoms with Gasteiger partial charge in [0.15, 0.2) is 6.61 Å². The van der Waals surface area contributed by atoms with Crippen LogP contribution in [0, 0.1) is 0 Å². The van der Waals surface area contributed by atoms with Crippen LogP contribution in [0.3, 0.4) is 0 Å². The number of nitrogens with one attached hydrogen (secondary N) is 1. The fourth-order valence-electron chi connectivity index (χ4n) is 2.83. The number of ether oxygens (including phenoxy) is 2. The van der Waals surface area contributed by atoms with Crippen LogP contribution in [0.2, 0.25) is 5.02 Å². The summed E-state index contributed by atoms with van der Waals surface area (Å²) >= 11 is 6.00. The van der Waals surface area contributed by atoms with Gasteiger partial charge in [-0.05, 0) is 47.0 Å². The van der Waals surface area contributed by atoms with Crippen molar-refractivity contribution in [1.82, 2.24) is 5.32 Å². The van der Waals surface area contributed by atoms with Gasteiger partial charge in [-0.25, -0.2) is 0 Å². The summed E-state index contributed by atoms with van der Waals surface area (Å²) in [5.74, 6) is 0.823. The van der Waals surface area contributed by atoms with Crippen LogP contribution in [-0.4, -0.2) is 25.2 Å². The first-order valence-corrected chi connectivity index (χ1v) is 9.51. The van der Waals surface area contributed by atoms with Crippen LogP contribution in [0.4, 0.5) is 13.2 Å². The van der Waals surface area contributed by atoms with E-state index in [1.54, 1.807) is 6.07 Å². The molecule has 1 N–H and O–H groups in total. The van der Waals surface area contributed by atoms with Crippen molar-refractivity contribution < 1.29 is 27.4 Å². The number of carbonyl (C=O) groups excluding carboxylic acids is 1. The maximum Gasteiger partial charge on any atom is 0.422 e. The van der Waals surface area contributed by atoms with E-state index in [4.69, 9.17) is 16.3 Å². The average Bonchev–Trinajstić information content (AvgIpc) is 2.66. The Labute approximate surface area is 176 Å². The fourth-order valence-corrected chi connectivity index (χ4v) is 3.06. The highest BCUT2D eigenvalue weighted by atomic mass is 35.5. The van der Waals surface area contributed by atoms with Gasteiger partial charge in [-0.2, -0.15) is 13.2 Å². The van der Waals surface area contributed by atoms with E-state index in [0.29, 0.717) is 18.0 Å². The minimum atomic E-state index is -4.44. The van der Waals surface area contributed by atoms with Gasteiger partial charge in [0.2, 0.25) is 5.91 Å². The standard InChI is InChI=1S/C22H19ClF3NO3/c1-14(28)27-9-8-15-2-3-17-11-18(5-4-16(17)10-15)30-19-6-7-21(20(23)12-19)29-13-22(24,25)26/h2-7,10-12H,8-9,13H2,1H3,(H,27,28). The lowest BCUT2D eigenvalue weighted by Crippen LogP contribution is -2.22. The maximum atomic E-state index is 12.3. The van der Waals surface area contributed by atoms with Gasteiger partial charge >= 0.3 is 6.18 Å². The van der Waals surface area contributed by atoms with Crippen molar-refractivity contribution in [2.75, 3.05) is 13.2 Å². The zero-order valence-electron chi connectivity index (χ0n) is 16.1. The first-order chi connectivity index (χ1) is 14.2. The molecule has 0 aliphatic carbocycles. The predicted molar refractivity (Wildman–Crippen MR) is 109 cm³/mol. The second-order valence-corrected chi connectivity index (χ2v) is 7.08. The Morgan fingerprint density at radius 1 is 1.00 bits per heavy atom. The molecule has 0 bridgehead atoms. The van der Waals surface area contributed by atoms with Gasteiger partial charge in [0.25, 0.3) is 0 Å². The SMILES string of the molecule is CC(=O)NCCc1ccc2cc(Oc3ccc(OCC(F)(F)F)c(Cl)c3)ccc2c1. The molecule has 0 saturated heterocycles. The van der Waals surface area contributed by atoms with Crippen LogP contribution >= 0.6 is 11.6 Å². The van der Waals surface area contributed by atoms with Crippen molar-refractivity contribution in [2.24, 2.45) is 0 Å². The third-order valence-corrected chi connectivity index (χ3v) is 4.49. The molecule has 0 aliphatic heterocycles. The molecule has 0 aliphatic rings. The van der Waals surface area contributed by atoms with E-state index >= 15 is 0 Å². The highest BCUT2D eigenvalue weighted by Gasteiger charge is 2.28. The third kappa shape index (κ3) is 6.29. The van der Waals surface area contributed by atoms with Crippen molar-refractivity contribution in [3.05, 3.63) is 65.2 Å². The first kappa shape index (κ1) is 21.8. The minimum Gasteiger partial charge on any atom is -0.483 e. The first-order valence-electron chi connectivity index (χ1n) is 9.14. The molecule has 0 atom stereocenters. The van der Waals surface area contributed by atoms with Crippen molar-refractivity contribution in [1.29, 1.82) is 0 Å². The minimum absolute atomic E-state index is 0.0290. The Hall–Kier alpha value is -2.93. The van der Waals surface area contributed by atoms with Crippen LogP contribution in [0.1, 0.15) is 12.5 Å². The maximum absolute atomic E-state index is 12.3. The second-order valence-electron chi connectivity index (χ2n) is 6.67. The number of fused-ring (bicyclic) bond motifs is 1. The highest BCUT2D eigenvalue weighted by Crippen LogP contribution is 2.33. The lowest BCUT2D eigenvalue weighted by molar-refractivity contribution is -0.153. The highest BCUT2D eigenvalue weighted by molar-refractivity contribution is 6.32. The van der Waals surface area contributed by atoms with E-state index in [0.717, 1.165) is 22.8 Å². The molecular weight excluding hydrogens is 419 g/mol. The lowest BCUT2D eigenvalue weighted by atomic mass is 10.0. The summed E-state index contributed by atoms with van der Waals surface area (Å²) in [4.78, 5) is 11.0. The Bertz CT molecular complexity index is 1050. The monoisotopic (exact) mass is 437 g/mol. The largest absolute Gasteiger partial charge is 0.483 e. The zero-order chi connectivity index (χ0) is 21.7. The van der Waals surface area contributed by atoms with E-state index in [1.165, 1.54) is 25.1 Å². The van der Waals surface area contributed by atoms with Crippen LogP contribution in [0.5, 0.6) is 17.2 Å².